The molecule has 1 atom stereocenters. The second-order valence-corrected chi connectivity index (χ2v) is 14.9. The zero-order valence-electron chi connectivity index (χ0n) is 25.6. The lowest BCUT2D eigenvalue weighted by Crippen LogP contribution is -2.57. The number of carbonyl (C=O) groups is 2. The first-order valence-electron chi connectivity index (χ1n) is 14.4. The minimum atomic E-state index is -4.51. The number of ketones is 1. The fraction of sp³-hybridized carbons (Fsp3) is 0.281. The van der Waals surface area contributed by atoms with E-state index >= 15 is 0 Å². The van der Waals surface area contributed by atoms with Crippen LogP contribution in [-0.2, 0) is 46.6 Å². The van der Waals surface area contributed by atoms with Crippen molar-refractivity contribution in [1.82, 2.24) is 5.06 Å². The Labute approximate surface area is 267 Å². The third-order valence-corrected chi connectivity index (χ3v) is 9.57. The first-order chi connectivity index (χ1) is 21.6. The van der Waals surface area contributed by atoms with Gasteiger partial charge >= 0.3 is 0 Å². The fourth-order valence-corrected chi connectivity index (χ4v) is 7.32. The van der Waals surface area contributed by atoms with Crippen LogP contribution in [0.15, 0.2) is 87.7 Å². The van der Waals surface area contributed by atoms with Gasteiger partial charge in [-0.25, -0.2) is 13.5 Å². The Bertz CT molecular complexity index is 1990. The molecule has 0 fully saturated rings. The van der Waals surface area contributed by atoms with Gasteiger partial charge in [-0.1, -0.05) is 68.4 Å². The van der Waals surface area contributed by atoms with Gasteiger partial charge in [0.05, 0.1) is 11.9 Å². The molecule has 242 valence electrons. The minimum Gasteiger partial charge on any atom is -0.506 e. The molecule has 1 heterocycles. The molecule has 1 aliphatic heterocycles. The summed E-state index contributed by atoms with van der Waals surface area (Å²) in [5.41, 5.74) is -0.973. The van der Waals surface area contributed by atoms with Crippen molar-refractivity contribution in [2.24, 2.45) is 10.3 Å². The normalized spacial score (nSPS) is 18.7. The largest absolute Gasteiger partial charge is 0.506 e. The van der Waals surface area contributed by atoms with Gasteiger partial charge in [0.2, 0.25) is 21.7 Å². The topological polar surface area (TPSA) is 172 Å². The van der Waals surface area contributed by atoms with Crippen LogP contribution in [0.5, 0.6) is 0 Å². The molecule has 0 aromatic heterocycles. The van der Waals surface area contributed by atoms with Gasteiger partial charge in [0.25, 0.3) is 10.0 Å². The average Bonchev–Trinajstić information content (AvgIpc) is 2.98. The van der Waals surface area contributed by atoms with Gasteiger partial charge in [0.15, 0.2) is 11.4 Å². The number of aliphatic hydroxyl groups is 1. The molecule has 14 heteroatoms. The summed E-state index contributed by atoms with van der Waals surface area (Å²) in [5, 5.41) is 15.5. The summed E-state index contributed by atoms with van der Waals surface area (Å²) in [4.78, 5) is 34.2. The number of nitrogens with zero attached hydrogens (tertiary/aromatic N) is 2. The number of amidine groups is 1. The Balaban J connectivity index is 1.68. The summed E-state index contributed by atoms with van der Waals surface area (Å²) in [7, 11) is -8.21. The zero-order valence-corrected chi connectivity index (χ0v) is 27.3. The standard InChI is InChI=1S/C32H34N4O8S2/c1-20(2)16-17-32(36(21(3)37)44-19-22-10-6-5-7-11-22)25-13-9-8-12-24(25)29(38)28(30(32)39)31-33-26-15-14-23(34-45(4,40)41)18-27(26)46(42,43)35-31/h5-15,18,20,34,38H,16-17,19H2,1-4H3,(H,33,35). The van der Waals surface area contributed by atoms with Crippen LogP contribution in [0.3, 0.4) is 0 Å². The Morgan fingerprint density at radius 2 is 1.76 bits per heavy atom. The number of aliphatic hydroxyl groups excluding tert-OH is 1. The van der Waals surface area contributed by atoms with E-state index in [1.165, 1.54) is 19.1 Å². The van der Waals surface area contributed by atoms with Crippen LogP contribution in [0.4, 0.5) is 11.4 Å². The number of hydrogen-bond donors (Lipinski definition) is 3. The summed E-state index contributed by atoms with van der Waals surface area (Å²) in [6.45, 7) is 5.16. The van der Waals surface area contributed by atoms with Gasteiger partial charge in [-0.2, -0.15) is 8.42 Å². The van der Waals surface area contributed by atoms with Crippen molar-refractivity contribution < 1.29 is 36.4 Å². The third-order valence-electron chi connectivity index (χ3n) is 7.65. The molecule has 1 unspecified atom stereocenters. The predicted molar refractivity (Wildman–Crippen MR) is 174 cm³/mol. The summed E-state index contributed by atoms with van der Waals surface area (Å²) in [6.07, 6.45) is 1.48. The Morgan fingerprint density at radius 1 is 1.09 bits per heavy atom. The molecule has 0 bridgehead atoms. The third kappa shape index (κ3) is 6.28. The van der Waals surface area contributed by atoms with Crippen molar-refractivity contribution in [3.8, 4) is 0 Å². The summed E-state index contributed by atoms with van der Waals surface area (Å²) < 4.78 is 56.5. The fourth-order valence-electron chi connectivity index (χ4n) is 5.62. The SMILES string of the molecule is CC(=O)N(OCc1ccccc1)C1(CCC(C)C)C(=O)C(C2=NS(=O)(=O)c3cc(NS(C)(=O)=O)ccc3N2)=C(O)c2ccccc21. The molecule has 3 N–H and O–H groups in total. The van der Waals surface area contributed by atoms with Crippen molar-refractivity contribution in [3.05, 3.63) is 95.1 Å². The molecular formula is C32H34N4O8S2. The van der Waals surface area contributed by atoms with E-state index in [1.54, 1.807) is 24.3 Å². The Kier molecular flexibility index (Phi) is 8.81. The molecule has 0 saturated carbocycles. The van der Waals surface area contributed by atoms with Crippen LogP contribution in [0.2, 0.25) is 0 Å². The molecule has 3 aromatic carbocycles. The van der Waals surface area contributed by atoms with Crippen LogP contribution < -0.4 is 10.0 Å². The van der Waals surface area contributed by atoms with Crippen LogP contribution in [0.1, 0.15) is 50.3 Å². The number of Topliss-reactive ketones (excluding diaryl/α,β-unsaturated/α-hetero) is 1. The summed E-state index contributed by atoms with van der Waals surface area (Å²) in [6, 6.07) is 19.4. The number of carbonyl (C=O) groups excluding carboxylic acids is 2. The molecule has 2 aliphatic rings. The molecule has 46 heavy (non-hydrogen) atoms. The highest BCUT2D eigenvalue weighted by atomic mass is 32.2. The lowest BCUT2D eigenvalue weighted by Gasteiger charge is -2.45. The van der Waals surface area contributed by atoms with Gasteiger partial charge in [-0.05, 0) is 48.1 Å². The van der Waals surface area contributed by atoms with Crippen molar-refractivity contribution in [1.29, 1.82) is 0 Å². The van der Waals surface area contributed by atoms with Crippen LogP contribution >= 0.6 is 0 Å². The maximum absolute atomic E-state index is 14.9. The second kappa shape index (κ2) is 12.3. The highest BCUT2D eigenvalue weighted by Gasteiger charge is 2.55. The monoisotopic (exact) mass is 666 g/mol. The molecule has 1 amide bonds. The van der Waals surface area contributed by atoms with E-state index in [1.807, 2.05) is 44.2 Å². The molecular weight excluding hydrogens is 633 g/mol. The van der Waals surface area contributed by atoms with Gasteiger partial charge in [-0.15, -0.1) is 4.40 Å². The first kappa shape index (κ1) is 32.9. The highest BCUT2D eigenvalue weighted by Crippen LogP contribution is 2.47. The number of nitrogens with one attached hydrogen (secondary N) is 2. The molecule has 5 rings (SSSR count). The van der Waals surface area contributed by atoms with Gasteiger partial charge in [0.1, 0.15) is 22.8 Å². The maximum atomic E-state index is 14.9. The molecule has 3 aromatic rings. The number of rotatable bonds is 10. The van der Waals surface area contributed by atoms with Gasteiger partial charge in [-0.3, -0.25) is 19.1 Å². The highest BCUT2D eigenvalue weighted by molar-refractivity contribution is 7.92. The molecule has 1 aliphatic carbocycles. The van der Waals surface area contributed by atoms with Gasteiger partial charge in [0, 0.05) is 18.2 Å². The number of sulfonamides is 2. The zero-order chi connectivity index (χ0) is 33.4. The second-order valence-electron chi connectivity index (χ2n) is 11.6. The van der Waals surface area contributed by atoms with E-state index in [0.717, 1.165) is 22.9 Å². The van der Waals surface area contributed by atoms with Crippen LogP contribution in [0.25, 0.3) is 5.76 Å². The number of fused-ring (bicyclic) bond motifs is 2. The number of hydrogen-bond acceptors (Lipinski definition) is 9. The van der Waals surface area contributed by atoms with Crippen molar-refractivity contribution in [2.75, 3.05) is 16.3 Å². The quantitative estimate of drug-likeness (QED) is 0.259. The lowest BCUT2D eigenvalue weighted by molar-refractivity contribution is -0.229. The Hall–Kier alpha value is -4.53. The summed E-state index contributed by atoms with van der Waals surface area (Å²) >= 11 is 0. The van der Waals surface area contributed by atoms with Crippen molar-refractivity contribution >= 4 is 54.7 Å². The van der Waals surface area contributed by atoms with E-state index in [-0.39, 0.29) is 40.8 Å². The van der Waals surface area contributed by atoms with Crippen LogP contribution in [-0.4, -0.2) is 50.8 Å². The van der Waals surface area contributed by atoms with E-state index in [4.69, 9.17) is 4.84 Å². The van der Waals surface area contributed by atoms with Crippen molar-refractivity contribution in [2.45, 2.75) is 50.7 Å². The molecule has 0 spiro atoms. The number of amides is 1. The minimum absolute atomic E-state index is 0.00428. The van der Waals surface area contributed by atoms with Gasteiger partial charge < -0.3 is 10.4 Å². The number of benzene rings is 3. The molecule has 12 nitrogen and oxygen atoms in total. The summed E-state index contributed by atoms with van der Waals surface area (Å²) in [5.74, 6) is -2.24. The average molecular weight is 667 g/mol. The van der Waals surface area contributed by atoms with E-state index in [9.17, 15) is 31.5 Å². The molecule has 0 radical (unpaired) electrons. The Morgan fingerprint density at radius 3 is 2.41 bits per heavy atom. The number of hydroxylamine groups is 2. The first-order valence-corrected chi connectivity index (χ1v) is 17.8. The smallest absolute Gasteiger partial charge is 0.286 e. The van der Waals surface area contributed by atoms with E-state index in [2.05, 4.69) is 14.4 Å². The molecule has 0 saturated heterocycles. The predicted octanol–water partition coefficient (Wildman–Crippen LogP) is 4.73. The maximum Gasteiger partial charge on any atom is 0.286 e. The van der Waals surface area contributed by atoms with Crippen LogP contribution in [0, 0.1) is 5.92 Å². The van der Waals surface area contributed by atoms with Crippen molar-refractivity contribution in [3.63, 3.8) is 0 Å². The number of anilines is 2. The lowest BCUT2D eigenvalue weighted by atomic mass is 9.70. The van der Waals surface area contributed by atoms with E-state index < -0.39 is 54.4 Å². The van der Waals surface area contributed by atoms with E-state index in [0.29, 0.717) is 12.0 Å².